The van der Waals surface area contributed by atoms with Crippen LogP contribution in [0.25, 0.3) is 33.2 Å². The van der Waals surface area contributed by atoms with Crippen molar-refractivity contribution in [2.45, 2.75) is 13.5 Å². The van der Waals surface area contributed by atoms with Gasteiger partial charge in [0.2, 0.25) is 0 Å². The molecule has 0 N–H and O–H groups in total. The molecule has 0 atom stereocenters. The fraction of sp³-hybridized carbons (Fsp3) is 0.0938. The molecule has 0 fully saturated rings. The zero-order valence-corrected chi connectivity index (χ0v) is 22.0. The number of allylic oxidation sites excluding steroid dienone is 1. The fourth-order valence-corrected chi connectivity index (χ4v) is 5.04. The van der Waals surface area contributed by atoms with Crippen molar-refractivity contribution in [3.05, 3.63) is 117 Å². The highest BCUT2D eigenvalue weighted by Gasteiger charge is 2.13. The van der Waals surface area contributed by atoms with Gasteiger partial charge in [0.15, 0.2) is 11.5 Å². The van der Waals surface area contributed by atoms with Crippen molar-refractivity contribution in [3.63, 3.8) is 0 Å². The average Bonchev–Trinajstić information content (AvgIpc) is 2.91. The van der Waals surface area contributed by atoms with E-state index in [1.807, 2.05) is 55.5 Å². The predicted molar refractivity (Wildman–Crippen MR) is 156 cm³/mol. The molecule has 0 bridgehead atoms. The largest absolute Gasteiger partial charge is 0.490 e. The molecule has 0 amide bonds. The van der Waals surface area contributed by atoms with Crippen LogP contribution in [0.5, 0.6) is 11.5 Å². The number of rotatable bonds is 7. The molecule has 3 nitrogen and oxygen atoms in total. The minimum atomic E-state index is 0.441. The first-order chi connectivity index (χ1) is 17.6. The topological polar surface area (TPSA) is 42.2 Å². The number of hydrogen-bond acceptors (Lipinski definition) is 3. The number of benzene rings is 5. The lowest BCUT2D eigenvalue weighted by atomic mass is 10.00. The van der Waals surface area contributed by atoms with Crippen molar-refractivity contribution in [1.82, 2.24) is 0 Å². The lowest BCUT2D eigenvalue weighted by Crippen LogP contribution is -2.02. The van der Waals surface area contributed by atoms with Crippen LogP contribution in [-0.4, -0.2) is 6.61 Å². The molecule has 0 spiro atoms. The Balaban J connectivity index is 1.44. The summed E-state index contributed by atoms with van der Waals surface area (Å²) in [4.78, 5) is 0. The molecular formula is C32H24INO2. The first-order valence-corrected chi connectivity index (χ1v) is 12.9. The predicted octanol–water partition coefficient (Wildman–Crippen LogP) is 8.64. The number of halogens is 1. The first-order valence-electron chi connectivity index (χ1n) is 11.8. The van der Waals surface area contributed by atoms with E-state index >= 15 is 0 Å². The van der Waals surface area contributed by atoms with Crippen LogP contribution >= 0.6 is 22.6 Å². The van der Waals surface area contributed by atoms with Crippen molar-refractivity contribution in [2.75, 3.05) is 6.61 Å². The third kappa shape index (κ3) is 5.22. The summed E-state index contributed by atoms with van der Waals surface area (Å²) in [7, 11) is 0. The summed E-state index contributed by atoms with van der Waals surface area (Å²) >= 11 is 2.28. The van der Waals surface area contributed by atoms with Gasteiger partial charge in [0.25, 0.3) is 0 Å². The quantitative estimate of drug-likeness (QED) is 0.110. The molecule has 0 aliphatic carbocycles. The van der Waals surface area contributed by atoms with Crippen molar-refractivity contribution >= 4 is 55.8 Å². The van der Waals surface area contributed by atoms with E-state index in [0.717, 1.165) is 31.0 Å². The normalized spacial score (nSPS) is 11.4. The zero-order chi connectivity index (χ0) is 24.9. The van der Waals surface area contributed by atoms with Gasteiger partial charge in [-0.2, -0.15) is 5.26 Å². The van der Waals surface area contributed by atoms with E-state index in [4.69, 9.17) is 9.47 Å². The standard InChI is InChI=1S/C32H24INO2/c1-2-35-31-18-23(16-29(20-34)28-14-13-25-8-4-6-10-27(25)19-28)17-30(33)32(31)36-21-22-11-12-24-7-3-5-9-26(24)15-22/h3-19H,2,21H2,1H3/b29-16-. The summed E-state index contributed by atoms with van der Waals surface area (Å²) in [5.74, 6) is 1.39. The molecule has 0 aliphatic rings. The van der Waals surface area contributed by atoms with Crippen molar-refractivity contribution in [2.24, 2.45) is 0 Å². The van der Waals surface area contributed by atoms with Crippen LogP contribution in [0.4, 0.5) is 0 Å². The minimum Gasteiger partial charge on any atom is -0.490 e. The van der Waals surface area contributed by atoms with Crippen LogP contribution in [-0.2, 0) is 6.61 Å². The van der Waals surface area contributed by atoms with Crippen LogP contribution in [0.3, 0.4) is 0 Å². The summed E-state index contributed by atoms with van der Waals surface area (Å²) in [6.07, 6.45) is 1.90. The van der Waals surface area contributed by atoms with E-state index in [0.29, 0.717) is 30.3 Å². The van der Waals surface area contributed by atoms with Gasteiger partial charge in [-0.25, -0.2) is 0 Å². The molecule has 0 radical (unpaired) electrons. The van der Waals surface area contributed by atoms with E-state index in [2.05, 4.69) is 83.3 Å². The molecule has 36 heavy (non-hydrogen) atoms. The third-order valence-electron chi connectivity index (χ3n) is 6.02. The van der Waals surface area contributed by atoms with Crippen LogP contribution < -0.4 is 9.47 Å². The van der Waals surface area contributed by atoms with E-state index < -0.39 is 0 Å². The van der Waals surface area contributed by atoms with Crippen LogP contribution in [0, 0.1) is 14.9 Å². The maximum Gasteiger partial charge on any atom is 0.175 e. The highest BCUT2D eigenvalue weighted by Crippen LogP contribution is 2.36. The summed E-state index contributed by atoms with van der Waals surface area (Å²) in [6.45, 7) is 2.92. The van der Waals surface area contributed by atoms with Gasteiger partial charge >= 0.3 is 0 Å². The Bertz CT molecular complexity index is 1630. The smallest absolute Gasteiger partial charge is 0.175 e. The molecule has 176 valence electrons. The molecule has 0 saturated heterocycles. The first kappa shape index (κ1) is 23.9. The summed E-state index contributed by atoms with van der Waals surface area (Å²) in [6, 6.07) is 35.3. The Hall–Kier alpha value is -3.82. The van der Waals surface area contributed by atoms with Crippen LogP contribution in [0.15, 0.2) is 97.1 Å². The summed E-state index contributed by atoms with van der Waals surface area (Å²) in [5.41, 5.74) is 3.48. The second-order valence-corrected chi connectivity index (χ2v) is 9.63. The van der Waals surface area contributed by atoms with Crippen molar-refractivity contribution < 1.29 is 9.47 Å². The molecule has 5 rings (SSSR count). The fourth-order valence-electron chi connectivity index (χ4n) is 4.26. The molecule has 4 heteroatoms. The van der Waals surface area contributed by atoms with Gasteiger partial charge < -0.3 is 9.47 Å². The van der Waals surface area contributed by atoms with Crippen LogP contribution in [0.2, 0.25) is 0 Å². The minimum absolute atomic E-state index is 0.441. The number of ether oxygens (including phenoxy) is 2. The molecule has 0 unspecified atom stereocenters. The molecule has 5 aromatic rings. The lowest BCUT2D eigenvalue weighted by molar-refractivity contribution is 0.267. The van der Waals surface area contributed by atoms with Gasteiger partial charge in [-0.05, 0) is 98.1 Å². The maximum absolute atomic E-state index is 9.92. The molecule has 0 saturated carbocycles. The maximum atomic E-state index is 9.92. The summed E-state index contributed by atoms with van der Waals surface area (Å²) < 4.78 is 13.1. The van der Waals surface area contributed by atoms with Crippen molar-refractivity contribution in [3.8, 4) is 17.6 Å². The number of fused-ring (bicyclic) bond motifs is 2. The highest BCUT2D eigenvalue weighted by molar-refractivity contribution is 14.1. The van der Waals surface area contributed by atoms with E-state index in [9.17, 15) is 5.26 Å². The van der Waals surface area contributed by atoms with E-state index in [1.165, 1.54) is 10.8 Å². The molecule has 0 heterocycles. The second kappa shape index (κ2) is 10.8. The Labute approximate surface area is 224 Å². The Morgan fingerprint density at radius 1 is 0.806 bits per heavy atom. The average molecular weight is 581 g/mol. The SMILES string of the molecule is CCOc1cc(/C=C(/C#N)c2ccc3ccccc3c2)cc(I)c1OCc1ccc2ccccc2c1. The molecular weight excluding hydrogens is 557 g/mol. The number of nitrogens with zero attached hydrogens (tertiary/aromatic N) is 1. The molecule has 5 aromatic carbocycles. The van der Waals surface area contributed by atoms with Gasteiger partial charge in [-0.1, -0.05) is 72.8 Å². The van der Waals surface area contributed by atoms with Crippen molar-refractivity contribution in [1.29, 1.82) is 5.26 Å². The molecule has 0 aromatic heterocycles. The Morgan fingerprint density at radius 2 is 1.47 bits per heavy atom. The van der Waals surface area contributed by atoms with Gasteiger partial charge in [-0.3, -0.25) is 0 Å². The molecule has 0 aliphatic heterocycles. The van der Waals surface area contributed by atoms with Gasteiger partial charge in [-0.15, -0.1) is 0 Å². The number of hydrogen-bond donors (Lipinski definition) is 0. The van der Waals surface area contributed by atoms with Gasteiger partial charge in [0, 0.05) is 0 Å². The Morgan fingerprint density at radius 3 is 2.17 bits per heavy atom. The lowest BCUT2D eigenvalue weighted by Gasteiger charge is -2.15. The third-order valence-corrected chi connectivity index (χ3v) is 6.82. The van der Waals surface area contributed by atoms with E-state index in [1.54, 1.807) is 0 Å². The monoisotopic (exact) mass is 581 g/mol. The van der Waals surface area contributed by atoms with E-state index in [-0.39, 0.29) is 0 Å². The summed E-state index contributed by atoms with van der Waals surface area (Å²) in [5, 5.41) is 14.6. The second-order valence-electron chi connectivity index (χ2n) is 8.46. The number of nitriles is 1. The zero-order valence-electron chi connectivity index (χ0n) is 19.9. The highest BCUT2D eigenvalue weighted by atomic mass is 127. The van der Waals surface area contributed by atoms with Crippen LogP contribution in [0.1, 0.15) is 23.6 Å². The van der Waals surface area contributed by atoms with Gasteiger partial charge in [0.05, 0.1) is 21.8 Å². The Kier molecular flexibility index (Phi) is 7.20. The van der Waals surface area contributed by atoms with Gasteiger partial charge in [0.1, 0.15) is 6.61 Å².